The molecule has 2 aromatic rings. The van der Waals surface area contributed by atoms with E-state index in [1.165, 1.54) is 0 Å². The average molecular weight is 331 g/mol. The Labute approximate surface area is 138 Å². The summed E-state index contributed by atoms with van der Waals surface area (Å²) >= 11 is 3.18. The Bertz CT molecular complexity index is 735. The van der Waals surface area contributed by atoms with E-state index in [1.54, 1.807) is 29.3 Å². The van der Waals surface area contributed by atoms with Crippen molar-refractivity contribution in [1.29, 1.82) is 0 Å². The Morgan fingerprint density at radius 3 is 2.77 bits per heavy atom. The van der Waals surface area contributed by atoms with E-state index in [-0.39, 0.29) is 11.2 Å². The maximum absolute atomic E-state index is 12.8. The minimum Gasteiger partial charge on any atom is -0.303 e. The fraction of sp³-hybridized carbons (Fsp3) is 0.353. The number of carbonyl (C=O) groups excluding carboxylic acids is 2. The standard InChI is InChI=1S/C17H17NO2S2/c1-17(2)8-10-13(14(20)11(17)9-19)16(21-3)22-15(10)12-6-4-5-7-18-12/h4-7,9,11H,8H2,1-3H3. The first kappa shape index (κ1) is 15.4. The minimum atomic E-state index is -0.558. The van der Waals surface area contributed by atoms with Gasteiger partial charge in [0.1, 0.15) is 6.29 Å². The van der Waals surface area contributed by atoms with E-state index in [9.17, 15) is 9.59 Å². The van der Waals surface area contributed by atoms with E-state index in [2.05, 4.69) is 4.98 Å². The number of pyridine rings is 1. The number of rotatable bonds is 3. The Hall–Kier alpha value is -1.46. The zero-order valence-electron chi connectivity index (χ0n) is 12.8. The van der Waals surface area contributed by atoms with Crippen LogP contribution in [0.2, 0.25) is 0 Å². The highest BCUT2D eigenvalue weighted by atomic mass is 32.2. The second kappa shape index (κ2) is 5.63. The van der Waals surface area contributed by atoms with Gasteiger partial charge in [0.25, 0.3) is 0 Å². The van der Waals surface area contributed by atoms with Gasteiger partial charge in [0, 0.05) is 11.8 Å². The normalized spacial score (nSPS) is 19.8. The Kier molecular flexibility index (Phi) is 3.95. The predicted molar refractivity (Wildman–Crippen MR) is 90.7 cm³/mol. The maximum Gasteiger partial charge on any atom is 0.175 e. The lowest BCUT2D eigenvalue weighted by atomic mass is 9.67. The van der Waals surface area contributed by atoms with Gasteiger partial charge in [-0.15, -0.1) is 23.1 Å². The molecule has 114 valence electrons. The summed E-state index contributed by atoms with van der Waals surface area (Å²) in [4.78, 5) is 29.8. The molecule has 0 spiro atoms. The van der Waals surface area contributed by atoms with Crippen molar-refractivity contribution in [2.24, 2.45) is 11.3 Å². The number of Topliss-reactive ketones (excluding diaryl/α,β-unsaturated/α-hetero) is 1. The number of thioether (sulfide) groups is 1. The van der Waals surface area contributed by atoms with Crippen molar-refractivity contribution in [2.45, 2.75) is 24.5 Å². The van der Waals surface area contributed by atoms with Gasteiger partial charge in [-0.05, 0) is 35.8 Å². The molecule has 0 fully saturated rings. The number of aldehydes is 1. The minimum absolute atomic E-state index is 0.0379. The fourth-order valence-electron chi connectivity index (χ4n) is 3.03. The first-order valence-corrected chi connectivity index (χ1v) is 9.14. The van der Waals surface area contributed by atoms with Gasteiger partial charge in [-0.3, -0.25) is 9.78 Å². The zero-order valence-corrected chi connectivity index (χ0v) is 14.4. The molecule has 0 bridgehead atoms. The van der Waals surface area contributed by atoms with E-state index in [0.29, 0.717) is 0 Å². The monoisotopic (exact) mass is 331 g/mol. The fourth-order valence-corrected chi connectivity index (χ4v) is 5.07. The molecular weight excluding hydrogens is 314 g/mol. The van der Waals surface area contributed by atoms with Gasteiger partial charge in [-0.2, -0.15) is 0 Å². The number of hydrogen-bond donors (Lipinski definition) is 0. The first-order chi connectivity index (χ1) is 10.5. The summed E-state index contributed by atoms with van der Waals surface area (Å²) in [6, 6.07) is 5.81. The molecule has 0 aromatic carbocycles. The molecule has 22 heavy (non-hydrogen) atoms. The highest BCUT2D eigenvalue weighted by Crippen LogP contribution is 2.49. The van der Waals surface area contributed by atoms with Crippen molar-refractivity contribution in [3.63, 3.8) is 0 Å². The second-order valence-corrected chi connectivity index (χ2v) is 8.23. The molecule has 1 aliphatic carbocycles. The van der Waals surface area contributed by atoms with Crippen LogP contribution in [-0.4, -0.2) is 23.3 Å². The van der Waals surface area contributed by atoms with Crippen LogP contribution >= 0.6 is 23.1 Å². The van der Waals surface area contributed by atoms with Crippen LogP contribution in [0.15, 0.2) is 28.6 Å². The first-order valence-electron chi connectivity index (χ1n) is 7.10. The molecular formula is C17H17NO2S2. The van der Waals surface area contributed by atoms with Crippen LogP contribution in [0, 0.1) is 11.3 Å². The molecule has 2 aromatic heterocycles. The molecule has 1 atom stereocenters. The summed E-state index contributed by atoms with van der Waals surface area (Å²) in [5.41, 5.74) is 2.35. The van der Waals surface area contributed by atoms with Crippen LogP contribution in [-0.2, 0) is 11.2 Å². The van der Waals surface area contributed by atoms with Crippen LogP contribution < -0.4 is 0 Å². The van der Waals surface area contributed by atoms with E-state index < -0.39 is 5.92 Å². The lowest BCUT2D eigenvalue weighted by Gasteiger charge is -2.34. The van der Waals surface area contributed by atoms with Crippen molar-refractivity contribution in [1.82, 2.24) is 4.98 Å². The molecule has 0 N–H and O–H groups in total. The number of aromatic nitrogens is 1. The molecule has 0 aliphatic heterocycles. The molecule has 5 heteroatoms. The van der Waals surface area contributed by atoms with Gasteiger partial charge in [0.15, 0.2) is 5.78 Å². The smallest absolute Gasteiger partial charge is 0.175 e. The quantitative estimate of drug-likeness (QED) is 0.482. The van der Waals surface area contributed by atoms with Crippen LogP contribution in [0.1, 0.15) is 29.8 Å². The van der Waals surface area contributed by atoms with Crippen molar-refractivity contribution in [3.05, 3.63) is 35.5 Å². The molecule has 1 aliphatic rings. The average Bonchev–Trinajstić information content (AvgIpc) is 2.86. The van der Waals surface area contributed by atoms with Gasteiger partial charge in [-0.25, -0.2) is 0 Å². The topological polar surface area (TPSA) is 47.0 Å². The number of hydrogen-bond acceptors (Lipinski definition) is 5. The molecule has 3 nitrogen and oxygen atoms in total. The van der Waals surface area contributed by atoms with Gasteiger partial charge < -0.3 is 4.79 Å². The summed E-state index contributed by atoms with van der Waals surface area (Å²) in [7, 11) is 0. The van der Waals surface area contributed by atoms with E-state index in [1.807, 2.05) is 38.3 Å². The summed E-state index contributed by atoms with van der Waals surface area (Å²) < 4.78 is 0.989. The van der Waals surface area contributed by atoms with Crippen molar-refractivity contribution in [3.8, 4) is 10.6 Å². The lowest BCUT2D eigenvalue weighted by molar-refractivity contribution is -0.112. The van der Waals surface area contributed by atoms with E-state index in [4.69, 9.17) is 0 Å². The number of fused-ring (bicyclic) bond motifs is 1. The van der Waals surface area contributed by atoms with Crippen LogP contribution in [0.5, 0.6) is 0 Å². The molecule has 0 amide bonds. The second-order valence-electron chi connectivity index (χ2n) is 6.13. The molecule has 0 saturated carbocycles. The molecule has 0 saturated heterocycles. The zero-order chi connectivity index (χ0) is 15.9. The van der Waals surface area contributed by atoms with Gasteiger partial charge >= 0.3 is 0 Å². The van der Waals surface area contributed by atoms with Gasteiger partial charge in [0.2, 0.25) is 0 Å². The Morgan fingerprint density at radius 2 is 2.18 bits per heavy atom. The summed E-state index contributed by atoms with van der Waals surface area (Å²) in [5.74, 6) is -0.596. The predicted octanol–water partition coefficient (Wildman–Crippen LogP) is 4.11. The molecule has 2 heterocycles. The summed E-state index contributed by atoms with van der Waals surface area (Å²) in [6.07, 6.45) is 5.27. The molecule has 3 rings (SSSR count). The third kappa shape index (κ3) is 2.32. The van der Waals surface area contributed by atoms with Crippen LogP contribution in [0.25, 0.3) is 10.6 Å². The van der Waals surface area contributed by atoms with Crippen molar-refractivity contribution >= 4 is 35.2 Å². The Balaban J connectivity index is 2.23. The maximum atomic E-state index is 12.8. The summed E-state index contributed by atoms with van der Waals surface area (Å²) in [6.45, 7) is 3.98. The van der Waals surface area contributed by atoms with Crippen molar-refractivity contribution < 1.29 is 9.59 Å². The third-order valence-corrected chi connectivity index (χ3v) is 6.57. The third-order valence-electron chi connectivity index (χ3n) is 4.20. The number of carbonyl (C=O) groups is 2. The number of ketones is 1. The van der Waals surface area contributed by atoms with Crippen LogP contribution in [0.3, 0.4) is 0 Å². The molecule has 1 unspecified atom stereocenters. The number of thiophene rings is 1. The van der Waals surface area contributed by atoms with E-state index >= 15 is 0 Å². The lowest BCUT2D eigenvalue weighted by Crippen LogP contribution is -2.38. The molecule has 0 radical (unpaired) electrons. The largest absolute Gasteiger partial charge is 0.303 e. The highest BCUT2D eigenvalue weighted by Gasteiger charge is 2.44. The SMILES string of the molecule is CSc1sc(-c2ccccn2)c2c1C(=O)C(C=O)C(C)(C)C2. The number of nitrogens with zero attached hydrogens (tertiary/aromatic N) is 1. The Morgan fingerprint density at radius 1 is 1.41 bits per heavy atom. The highest BCUT2D eigenvalue weighted by molar-refractivity contribution is 8.00. The van der Waals surface area contributed by atoms with Crippen molar-refractivity contribution in [2.75, 3.05) is 6.26 Å². The van der Waals surface area contributed by atoms with Gasteiger partial charge in [0.05, 0.1) is 20.7 Å². The summed E-state index contributed by atoms with van der Waals surface area (Å²) in [5, 5.41) is 0. The van der Waals surface area contributed by atoms with E-state index in [0.717, 1.165) is 38.6 Å². The van der Waals surface area contributed by atoms with Crippen LogP contribution in [0.4, 0.5) is 0 Å². The van der Waals surface area contributed by atoms with Gasteiger partial charge in [-0.1, -0.05) is 19.9 Å².